The Morgan fingerprint density at radius 3 is 1.72 bits per heavy atom. The van der Waals surface area contributed by atoms with E-state index in [0.717, 1.165) is 0 Å². The fraction of sp³-hybridized carbons (Fsp3) is 0.692. The monoisotopic (exact) mass is 778 g/mol. The number of carboxylic acids is 2. The highest BCUT2D eigenvalue weighted by atomic mass is 79.9. The molecule has 7 N–H and O–H groups in total. The van der Waals surface area contributed by atoms with Crippen molar-refractivity contribution in [3.63, 3.8) is 0 Å². The number of hydrogen-bond donors (Lipinski definition) is 7. The average molecular weight is 780 g/mol. The molecule has 0 aromatic rings. The molecule has 0 aliphatic heterocycles. The molecule has 0 aromatic carbocycles. The summed E-state index contributed by atoms with van der Waals surface area (Å²) in [7, 11) is 0. The Kier molecular flexibility index (Phi) is 24.9. The normalized spacial score (nSPS) is 11.8. The molecule has 0 aliphatic rings. The molecule has 0 bridgehead atoms. The number of carbonyl (C=O) groups excluding carboxylic acids is 6. The Labute approximate surface area is 289 Å². The van der Waals surface area contributed by atoms with Crippen molar-refractivity contribution < 1.29 is 58.0 Å². The van der Waals surface area contributed by atoms with Gasteiger partial charge in [-0.15, -0.1) is 23.2 Å². The predicted molar refractivity (Wildman–Crippen MR) is 170 cm³/mol. The summed E-state index contributed by atoms with van der Waals surface area (Å²) in [5.74, 6) is -6.80. The van der Waals surface area contributed by atoms with Gasteiger partial charge in [0.1, 0.15) is 30.5 Å². The van der Waals surface area contributed by atoms with Gasteiger partial charge in [0.2, 0.25) is 35.4 Å². The second-order valence-electron chi connectivity index (χ2n) is 9.49. The third-order valence-electron chi connectivity index (χ3n) is 5.83. The molecule has 268 valence electrons. The van der Waals surface area contributed by atoms with Gasteiger partial charge in [-0.05, 0) is 12.8 Å². The van der Waals surface area contributed by atoms with Crippen LogP contribution in [0.5, 0.6) is 0 Å². The fourth-order valence-corrected chi connectivity index (χ4v) is 3.95. The number of carboxylic acid groups (broad SMARTS) is 2. The molecule has 0 fully saturated rings. The van der Waals surface area contributed by atoms with E-state index in [1.165, 1.54) is 4.90 Å². The summed E-state index contributed by atoms with van der Waals surface area (Å²) in [4.78, 5) is 96.5. The number of amides is 6. The van der Waals surface area contributed by atoms with Gasteiger partial charge in [-0.1, -0.05) is 15.9 Å². The van der Waals surface area contributed by atoms with E-state index >= 15 is 0 Å². The molecule has 0 rings (SSSR count). The number of carbonyl (C=O) groups is 8. The van der Waals surface area contributed by atoms with Crippen LogP contribution in [0.2, 0.25) is 0 Å². The summed E-state index contributed by atoms with van der Waals surface area (Å²) in [5, 5.41) is 31.0. The largest absolute Gasteiger partial charge is 0.481 e. The summed E-state index contributed by atoms with van der Waals surface area (Å²) in [6.07, 6.45) is -1.63. The first-order chi connectivity index (χ1) is 22.3. The first kappa shape index (κ1) is 43.7. The number of alkyl halides is 3. The Hall–Kier alpha value is -3.26. The first-order valence-electron chi connectivity index (χ1n) is 14.3. The molecular weight excluding hydrogens is 739 g/mol. The highest BCUT2D eigenvalue weighted by molar-refractivity contribution is 9.09. The van der Waals surface area contributed by atoms with Gasteiger partial charge in [-0.3, -0.25) is 33.6 Å². The fourth-order valence-electron chi connectivity index (χ4n) is 3.56. The number of nitrogens with zero attached hydrogens (tertiary/aromatic N) is 1. The second-order valence-corrected chi connectivity index (χ2v) is 10.6. The molecule has 0 aliphatic carbocycles. The lowest BCUT2D eigenvalue weighted by molar-refractivity contribution is -0.143. The van der Waals surface area contributed by atoms with Gasteiger partial charge < -0.3 is 51.2 Å². The molecule has 47 heavy (non-hydrogen) atoms. The van der Waals surface area contributed by atoms with Crippen molar-refractivity contribution in [1.29, 1.82) is 0 Å². The average Bonchev–Trinajstić information content (AvgIpc) is 3.04. The van der Waals surface area contributed by atoms with Crippen LogP contribution in [0.1, 0.15) is 25.7 Å². The number of rotatable bonds is 27. The number of halogens is 3. The van der Waals surface area contributed by atoms with Crippen LogP contribution in [0.4, 0.5) is 0 Å². The smallest absolute Gasteiger partial charge is 0.326 e. The topological polar surface area (TPSA) is 259 Å². The molecule has 18 nitrogen and oxygen atoms in total. The molecule has 21 heteroatoms. The molecule has 0 saturated carbocycles. The van der Waals surface area contributed by atoms with Crippen LogP contribution >= 0.6 is 39.1 Å². The molecule has 0 spiro atoms. The molecule has 2 atom stereocenters. The number of hydrogen-bond acceptors (Lipinski definition) is 10. The van der Waals surface area contributed by atoms with Gasteiger partial charge in [-0.2, -0.15) is 0 Å². The Morgan fingerprint density at radius 1 is 0.660 bits per heavy atom. The summed E-state index contributed by atoms with van der Waals surface area (Å²) >= 11 is 13.9. The van der Waals surface area contributed by atoms with Gasteiger partial charge in [0.25, 0.3) is 0 Å². The first-order valence-corrected chi connectivity index (χ1v) is 16.5. The van der Waals surface area contributed by atoms with Gasteiger partial charge in [0.05, 0.1) is 25.2 Å². The summed E-state index contributed by atoms with van der Waals surface area (Å²) < 4.78 is 10.4. The lowest BCUT2D eigenvalue weighted by atomic mass is 10.1. The lowest BCUT2D eigenvalue weighted by Crippen LogP contribution is -2.52. The van der Waals surface area contributed by atoms with Crippen LogP contribution in [-0.2, 0) is 47.8 Å². The maximum absolute atomic E-state index is 13.4. The van der Waals surface area contributed by atoms with Crippen molar-refractivity contribution >= 4 is 86.5 Å². The zero-order chi connectivity index (χ0) is 35.6. The zero-order valence-corrected chi connectivity index (χ0v) is 28.6. The molecule has 0 radical (unpaired) electrons. The lowest BCUT2D eigenvalue weighted by Gasteiger charge is -2.28. The van der Waals surface area contributed by atoms with Crippen molar-refractivity contribution in [1.82, 2.24) is 31.5 Å². The number of nitrogens with one attached hydrogen (secondary N) is 5. The molecule has 0 saturated heterocycles. The van der Waals surface area contributed by atoms with E-state index in [4.69, 9.17) is 37.8 Å². The molecule has 0 aromatic heterocycles. The van der Waals surface area contributed by atoms with Crippen LogP contribution in [0.3, 0.4) is 0 Å². The minimum absolute atomic E-state index is 0.0148. The standard InChI is InChI=1S/C26H41BrCl2N6O12/c27-13-20(37)32-7-10-46-11-12-47-16-23(40)34-18(26(44)45)1-3-19(36)33-17(2-4-24(41)42)25(43)35(8-5-30-21(38)14-28)9-6-31-22(39)15-29/h17-18H,1-16H2,(H,30,38)(H,31,39)(H,32,37)(H,33,36)(H,34,40)(H,41,42)(H,44,45)/t17-,18-/m0/s1. The van der Waals surface area contributed by atoms with E-state index in [1.807, 2.05) is 0 Å². The molecule has 0 unspecified atom stereocenters. The van der Waals surface area contributed by atoms with Gasteiger partial charge in [0, 0.05) is 45.6 Å². The summed E-state index contributed by atoms with van der Waals surface area (Å²) in [6.45, 7) is -0.0688. The zero-order valence-electron chi connectivity index (χ0n) is 25.5. The van der Waals surface area contributed by atoms with Crippen molar-refractivity contribution in [2.75, 3.05) is 76.2 Å². The van der Waals surface area contributed by atoms with Crippen LogP contribution in [0, 0.1) is 0 Å². The second kappa shape index (κ2) is 26.8. The number of ether oxygens (including phenoxy) is 2. The van der Waals surface area contributed by atoms with E-state index < -0.39 is 73.0 Å². The van der Waals surface area contributed by atoms with Crippen LogP contribution in [-0.4, -0.2) is 151 Å². The molecule has 6 amide bonds. The van der Waals surface area contributed by atoms with Crippen LogP contribution in [0.25, 0.3) is 0 Å². The Balaban J connectivity index is 5.09. The van der Waals surface area contributed by atoms with Crippen LogP contribution in [0.15, 0.2) is 0 Å². The molecule has 0 heterocycles. The van der Waals surface area contributed by atoms with E-state index in [0.29, 0.717) is 0 Å². The highest BCUT2D eigenvalue weighted by Crippen LogP contribution is 2.06. The van der Waals surface area contributed by atoms with E-state index in [9.17, 15) is 43.5 Å². The van der Waals surface area contributed by atoms with E-state index in [2.05, 4.69) is 42.5 Å². The maximum atomic E-state index is 13.4. The highest BCUT2D eigenvalue weighted by Gasteiger charge is 2.28. The SMILES string of the molecule is O=C(O)CC[C@H](NC(=O)CC[C@H](NC(=O)COCCOCCNC(=O)CBr)C(=O)O)C(=O)N(CCNC(=O)CCl)CCNC(=O)CCl. The predicted octanol–water partition coefficient (Wildman–Crippen LogP) is -2.23. The van der Waals surface area contributed by atoms with Gasteiger partial charge in [0.15, 0.2) is 0 Å². The maximum Gasteiger partial charge on any atom is 0.326 e. The third-order valence-corrected chi connectivity index (χ3v) is 6.83. The van der Waals surface area contributed by atoms with E-state index in [-0.39, 0.29) is 88.4 Å². The van der Waals surface area contributed by atoms with Crippen molar-refractivity contribution in [3.8, 4) is 0 Å². The van der Waals surface area contributed by atoms with Crippen LogP contribution < -0.4 is 26.6 Å². The quantitative estimate of drug-likeness (QED) is 0.0345. The number of aliphatic carboxylic acids is 2. The summed E-state index contributed by atoms with van der Waals surface area (Å²) in [5.41, 5.74) is 0. The Morgan fingerprint density at radius 2 is 1.19 bits per heavy atom. The summed E-state index contributed by atoms with van der Waals surface area (Å²) in [6, 6.07) is -2.83. The minimum Gasteiger partial charge on any atom is -0.481 e. The van der Waals surface area contributed by atoms with Crippen molar-refractivity contribution in [2.45, 2.75) is 37.8 Å². The van der Waals surface area contributed by atoms with Crippen molar-refractivity contribution in [2.24, 2.45) is 0 Å². The Bertz CT molecular complexity index is 1040. The van der Waals surface area contributed by atoms with Gasteiger partial charge >= 0.3 is 11.9 Å². The third kappa shape index (κ3) is 22.8. The van der Waals surface area contributed by atoms with Crippen molar-refractivity contribution in [3.05, 3.63) is 0 Å². The van der Waals surface area contributed by atoms with Gasteiger partial charge in [-0.25, -0.2) is 4.79 Å². The van der Waals surface area contributed by atoms with E-state index in [1.54, 1.807) is 0 Å². The molecular formula is C26H41BrCl2N6O12. The minimum atomic E-state index is -1.48.